The maximum atomic E-state index is 11.7. The Bertz CT molecular complexity index is 461. The van der Waals surface area contributed by atoms with E-state index in [4.69, 9.17) is 4.74 Å². The summed E-state index contributed by atoms with van der Waals surface area (Å²) in [6.45, 7) is 3.50. The Morgan fingerprint density at radius 2 is 2.35 bits per heavy atom. The molecule has 1 aliphatic heterocycles. The van der Waals surface area contributed by atoms with Gasteiger partial charge in [-0.15, -0.1) is 0 Å². The molecular weight excluding hydrogens is 256 g/mol. The van der Waals surface area contributed by atoms with Gasteiger partial charge in [-0.05, 0) is 31.4 Å². The topological polar surface area (TPSA) is 62.7 Å². The Morgan fingerprint density at radius 3 is 2.90 bits per heavy atom. The molecule has 0 aliphatic carbocycles. The molecule has 20 heavy (non-hydrogen) atoms. The zero-order valence-corrected chi connectivity index (χ0v) is 12.1. The molecule has 1 aliphatic rings. The summed E-state index contributed by atoms with van der Waals surface area (Å²) in [6.07, 6.45) is 5.01. The molecule has 0 aromatic carbocycles. The van der Waals surface area contributed by atoms with Crippen molar-refractivity contribution in [1.82, 2.24) is 9.88 Å². The number of carboxylic acids is 1. The molecule has 110 valence electrons. The summed E-state index contributed by atoms with van der Waals surface area (Å²) in [5, 5.41) is 9.65. The Balaban J connectivity index is 2.15. The highest BCUT2D eigenvalue weighted by atomic mass is 16.5. The van der Waals surface area contributed by atoms with Gasteiger partial charge in [0.15, 0.2) is 0 Å². The maximum Gasteiger partial charge on any atom is 0.324 e. The highest BCUT2D eigenvalue weighted by Crippen LogP contribution is 2.35. The smallest absolute Gasteiger partial charge is 0.324 e. The SMILES string of the molecule is CCCC1(C(=O)O)CCCN1Cc1ccc(OC)nc1. The van der Waals surface area contributed by atoms with E-state index >= 15 is 0 Å². The van der Waals surface area contributed by atoms with E-state index in [0.29, 0.717) is 18.8 Å². The third-order valence-corrected chi connectivity index (χ3v) is 4.07. The van der Waals surface area contributed by atoms with Crippen LogP contribution in [0.3, 0.4) is 0 Å². The average Bonchev–Trinajstić information content (AvgIpc) is 2.84. The molecule has 1 saturated heterocycles. The van der Waals surface area contributed by atoms with Gasteiger partial charge >= 0.3 is 5.97 Å². The normalized spacial score (nSPS) is 22.9. The van der Waals surface area contributed by atoms with Crippen LogP contribution in [0.5, 0.6) is 5.88 Å². The third-order valence-electron chi connectivity index (χ3n) is 4.07. The van der Waals surface area contributed by atoms with Crippen molar-refractivity contribution in [1.29, 1.82) is 0 Å². The second-order valence-corrected chi connectivity index (χ2v) is 5.32. The van der Waals surface area contributed by atoms with Crippen LogP contribution < -0.4 is 4.74 Å². The van der Waals surface area contributed by atoms with E-state index in [0.717, 1.165) is 31.4 Å². The summed E-state index contributed by atoms with van der Waals surface area (Å²) in [5.41, 5.74) is 0.323. The molecule has 0 spiro atoms. The molecule has 0 saturated carbocycles. The van der Waals surface area contributed by atoms with Crippen molar-refractivity contribution in [2.75, 3.05) is 13.7 Å². The molecule has 1 N–H and O–H groups in total. The van der Waals surface area contributed by atoms with Crippen molar-refractivity contribution in [3.8, 4) is 5.88 Å². The summed E-state index contributed by atoms with van der Waals surface area (Å²) in [4.78, 5) is 18.0. The van der Waals surface area contributed by atoms with Crippen LogP contribution in [0.2, 0.25) is 0 Å². The van der Waals surface area contributed by atoms with E-state index in [9.17, 15) is 9.90 Å². The highest BCUT2D eigenvalue weighted by molar-refractivity contribution is 5.79. The summed E-state index contributed by atoms with van der Waals surface area (Å²) >= 11 is 0. The zero-order valence-electron chi connectivity index (χ0n) is 12.1. The first kappa shape index (κ1) is 14.8. The molecule has 5 heteroatoms. The summed E-state index contributed by atoms with van der Waals surface area (Å²) in [5.74, 6) is -0.119. The van der Waals surface area contributed by atoms with Gasteiger partial charge in [-0.1, -0.05) is 19.4 Å². The first-order chi connectivity index (χ1) is 9.62. The van der Waals surface area contributed by atoms with Gasteiger partial charge in [-0.3, -0.25) is 9.69 Å². The zero-order chi connectivity index (χ0) is 14.6. The van der Waals surface area contributed by atoms with E-state index in [2.05, 4.69) is 9.88 Å². The third kappa shape index (κ3) is 2.77. The summed E-state index contributed by atoms with van der Waals surface area (Å²) in [6, 6.07) is 3.76. The van der Waals surface area contributed by atoms with E-state index in [1.54, 1.807) is 13.3 Å². The van der Waals surface area contributed by atoms with E-state index in [1.165, 1.54) is 0 Å². The second-order valence-electron chi connectivity index (χ2n) is 5.32. The molecule has 2 rings (SSSR count). The first-order valence-corrected chi connectivity index (χ1v) is 7.10. The summed E-state index contributed by atoms with van der Waals surface area (Å²) in [7, 11) is 1.58. The minimum absolute atomic E-state index is 0.577. The van der Waals surface area contributed by atoms with Crippen LogP contribution in [0.25, 0.3) is 0 Å². The number of methoxy groups -OCH3 is 1. The molecule has 1 aromatic rings. The minimum atomic E-state index is -0.700. The van der Waals surface area contributed by atoms with Crippen molar-refractivity contribution in [2.24, 2.45) is 0 Å². The lowest BCUT2D eigenvalue weighted by Crippen LogP contribution is -2.49. The first-order valence-electron chi connectivity index (χ1n) is 7.10. The Kier molecular flexibility index (Phi) is 4.60. The number of likely N-dealkylation sites (tertiary alicyclic amines) is 1. The highest BCUT2D eigenvalue weighted by Gasteiger charge is 2.46. The van der Waals surface area contributed by atoms with Crippen molar-refractivity contribution in [3.63, 3.8) is 0 Å². The van der Waals surface area contributed by atoms with Gasteiger partial charge in [0.05, 0.1) is 7.11 Å². The van der Waals surface area contributed by atoms with Crippen LogP contribution in [0, 0.1) is 0 Å². The van der Waals surface area contributed by atoms with E-state index in [-0.39, 0.29) is 0 Å². The molecule has 1 fully saturated rings. The number of rotatable bonds is 6. The predicted molar refractivity (Wildman–Crippen MR) is 75.7 cm³/mol. The van der Waals surface area contributed by atoms with Crippen LogP contribution in [0.15, 0.2) is 18.3 Å². The van der Waals surface area contributed by atoms with Crippen molar-refractivity contribution in [2.45, 2.75) is 44.7 Å². The minimum Gasteiger partial charge on any atom is -0.481 e. The number of nitrogens with zero attached hydrogens (tertiary/aromatic N) is 2. The predicted octanol–water partition coefficient (Wildman–Crippen LogP) is 2.31. The fourth-order valence-electron chi connectivity index (χ4n) is 3.06. The molecule has 0 amide bonds. The Labute approximate surface area is 119 Å². The lowest BCUT2D eigenvalue weighted by atomic mass is 9.90. The largest absolute Gasteiger partial charge is 0.481 e. The molecule has 5 nitrogen and oxygen atoms in total. The molecular formula is C15H22N2O3. The van der Waals surface area contributed by atoms with Crippen LogP contribution in [-0.2, 0) is 11.3 Å². The second kappa shape index (κ2) is 6.22. The number of aromatic nitrogens is 1. The monoisotopic (exact) mass is 278 g/mol. The number of aliphatic carboxylic acids is 1. The maximum absolute atomic E-state index is 11.7. The number of hydrogen-bond donors (Lipinski definition) is 1. The van der Waals surface area contributed by atoms with Crippen LogP contribution in [0.4, 0.5) is 0 Å². The number of carboxylic acid groups (broad SMARTS) is 1. The summed E-state index contributed by atoms with van der Waals surface area (Å²) < 4.78 is 5.04. The molecule has 0 radical (unpaired) electrons. The van der Waals surface area contributed by atoms with Crippen molar-refractivity contribution >= 4 is 5.97 Å². The number of carbonyl (C=O) groups is 1. The van der Waals surface area contributed by atoms with Crippen molar-refractivity contribution < 1.29 is 14.6 Å². The van der Waals surface area contributed by atoms with Crippen LogP contribution in [-0.4, -0.2) is 40.2 Å². The lowest BCUT2D eigenvalue weighted by Gasteiger charge is -2.34. The van der Waals surface area contributed by atoms with Gasteiger partial charge in [-0.2, -0.15) is 0 Å². The average molecular weight is 278 g/mol. The molecule has 2 heterocycles. The van der Waals surface area contributed by atoms with Gasteiger partial charge in [0.1, 0.15) is 5.54 Å². The van der Waals surface area contributed by atoms with Crippen LogP contribution >= 0.6 is 0 Å². The van der Waals surface area contributed by atoms with Gasteiger partial charge in [0.2, 0.25) is 5.88 Å². The molecule has 1 aromatic heterocycles. The van der Waals surface area contributed by atoms with Crippen molar-refractivity contribution in [3.05, 3.63) is 23.9 Å². The Morgan fingerprint density at radius 1 is 1.55 bits per heavy atom. The molecule has 0 bridgehead atoms. The van der Waals surface area contributed by atoms with Gasteiger partial charge < -0.3 is 9.84 Å². The van der Waals surface area contributed by atoms with Gasteiger partial charge in [0, 0.05) is 18.8 Å². The van der Waals surface area contributed by atoms with Crippen LogP contribution in [0.1, 0.15) is 38.2 Å². The molecule has 1 unspecified atom stereocenters. The van der Waals surface area contributed by atoms with E-state index in [1.807, 2.05) is 19.1 Å². The number of ether oxygens (including phenoxy) is 1. The molecule has 1 atom stereocenters. The fourth-order valence-corrected chi connectivity index (χ4v) is 3.06. The van der Waals surface area contributed by atoms with E-state index < -0.39 is 11.5 Å². The Hall–Kier alpha value is -1.62. The lowest BCUT2D eigenvalue weighted by molar-refractivity contribution is -0.150. The number of hydrogen-bond acceptors (Lipinski definition) is 4. The quantitative estimate of drug-likeness (QED) is 0.865. The van der Waals surface area contributed by atoms with Gasteiger partial charge in [-0.25, -0.2) is 4.98 Å². The standard InChI is InChI=1S/C15H22N2O3/c1-3-7-15(14(18)19)8-4-9-17(15)11-12-5-6-13(20-2)16-10-12/h5-6,10H,3-4,7-9,11H2,1-2H3,(H,18,19). The number of pyridine rings is 1. The van der Waals surface area contributed by atoms with Gasteiger partial charge in [0.25, 0.3) is 0 Å². The fraction of sp³-hybridized carbons (Fsp3) is 0.600.